The van der Waals surface area contributed by atoms with E-state index in [1.807, 2.05) is 29.5 Å². The monoisotopic (exact) mass is 447 g/mol. The van der Waals surface area contributed by atoms with Crippen LogP contribution in [-0.2, 0) is 13.0 Å². The van der Waals surface area contributed by atoms with Gasteiger partial charge >= 0.3 is 6.03 Å². The number of amides is 2. The lowest BCUT2D eigenvalue weighted by atomic mass is 10.0. The van der Waals surface area contributed by atoms with Crippen LogP contribution in [-0.4, -0.2) is 42.1 Å². The maximum atomic E-state index is 12.9. The van der Waals surface area contributed by atoms with Crippen molar-refractivity contribution in [3.05, 3.63) is 76.1 Å². The van der Waals surface area contributed by atoms with Crippen LogP contribution >= 0.6 is 11.3 Å². The first-order chi connectivity index (χ1) is 15.8. The van der Waals surface area contributed by atoms with Crippen LogP contribution in [0.1, 0.15) is 34.9 Å². The molecule has 2 aliphatic heterocycles. The predicted octanol–water partition coefficient (Wildman–Crippen LogP) is 4.66. The SMILES string of the molecule is O=C(NCC(c1ccccc1)N1CCc2sccc2C1)Nc1cccnc1N1CCCC1. The van der Waals surface area contributed by atoms with Crippen molar-refractivity contribution in [1.82, 2.24) is 15.2 Å². The van der Waals surface area contributed by atoms with Crippen molar-refractivity contribution in [2.45, 2.75) is 31.8 Å². The van der Waals surface area contributed by atoms with Gasteiger partial charge in [-0.25, -0.2) is 9.78 Å². The van der Waals surface area contributed by atoms with Crippen molar-refractivity contribution in [1.29, 1.82) is 0 Å². The standard InChI is InChI=1S/C25H29N5OS/c31-25(28-21-9-6-12-26-24(21)29-13-4-5-14-29)27-17-22(19-7-2-1-3-8-19)30-15-10-23-20(18-30)11-16-32-23/h1-3,6-9,11-12,16,22H,4-5,10,13-15,17-18H2,(H2,27,28,31). The average molecular weight is 448 g/mol. The molecule has 0 aliphatic carbocycles. The number of fused-ring (bicyclic) bond motifs is 1. The molecule has 0 spiro atoms. The molecule has 32 heavy (non-hydrogen) atoms. The summed E-state index contributed by atoms with van der Waals surface area (Å²) in [5.41, 5.74) is 3.41. The topological polar surface area (TPSA) is 60.5 Å². The summed E-state index contributed by atoms with van der Waals surface area (Å²) in [7, 11) is 0. The maximum Gasteiger partial charge on any atom is 0.319 e. The molecule has 2 aromatic heterocycles. The summed E-state index contributed by atoms with van der Waals surface area (Å²) < 4.78 is 0. The Morgan fingerprint density at radius 1 is 1.06 bits per heavy atom. The summed E-state index contributed by atoms with van der Waals surface area (Å²) in [5.74, 6) is 0.862. The van der Waals surface area contributed by atoms with Gasteiger partial charge < -0.3 is 15.5 Å². The van der Waals surface area contributed by atoms with Crippen LogP contribution in [0, 0.1) is 0 Å². The van der Waals surface area contributed by atoms with Crippen molar-refractivity contribution >= 4 is 28.9 Å². The van der Waals surface area contributed by atoms with Crippen LogP contribution < -0.4 is 15.5 Å². The summed E-state index contributed by atoms with van der Waals surface area (Å²) in [6.45, 7) is 4.45. The molecular formula is C25H29N5OS. The van der Waals surface area contributed by atoms with Gasteiger partial charge in [-0.2, -0.15) is 0 Å². The number of benzene rings is 1. The first kappa shape index (κ1) is 21.0. The van der Waals surface area contributed by atoms with Gasteiger partial charge in [0.2, 0.25) is 0 Å². The Morgan fingerprint density at radius 2 is 1.91 bits per heavy atom. The number of nitrogens with one attached hydrogen (secondary N) is 2. The zero-order chi connectivity index (χ0) is 21.8. The lowest BCUT2D eigenvalue weighted by Crippen LogP contribution is -2.41. The number of urea groups is 1. The van der Waals surface area contributed by atoms with Crippen LogP contribution in [0.25, 0.3) is 0 Å². The van der Waals surface area contributed by atoms with E-state index in [0.717, 1.165) is 44.1 Å². The lowest BCUT2D eigenvalue weighted by molar-refractivity contribution is 0.177. The number of carbonyl (C=O) groups is 1. The third kappa shape index (κ3) is 4.64. The predicted molar refractivity (Wildman–Crippen MR) is 130 cm³/mol. The summed E-state index contributed by atoms with van der Waals surface area (Å²) in [4.78, 5) is 23.6. The molecule has 1 aromatic carbocycles. The largest absolute Gasteiger partial charge is 0.355 e. The minimum Gasteiger partial charge on any atom is -0.355 e. The second kappa shape index (κ2) is 9.71. The second-order valence-electron chi connectivity index (χ2n) is 8.42. The number of hydrogen-bond donors (Lipinski definition) is 2. The number of pyridine rings is 1. The highest BCUT2D eigenvalue weighted by Crippen LogP contribution is 2.30. The van der Waals surface area contributed by atoms with E-state index in [1.54, 1.807) is 6.20 Å². The Labute approximate surface area is 193 Å². The zero-order valence-corrected chi connectivity index (χ0v) is 19.0. The van der Waals surface area contributed by atoms with Crippen LogP contribution in [0.3, 0.4) is 0 Å². The molecule has 166 valence electrons. The van der Waals surface area contributed by atoms with E-state index in [9.17, 15) is 4.79 Å². The molecule has 1 atom stereocenters. The van der Waals surface area contributed by atoms with Gasteiger partial charge in [0.05, 0.1) is 11.7 Å². The average Bonchev–Trinajstić information content (AvgIpc) is 3.52. The fraction of sp³-hybridized carbons (Fsp3) is 0.360. The highest BCUT2D eigenvalue weighted by Gasteiger charge is 2.26. The van der Waals surface area contributed by atoms with Crippen molar-refractivity contribution in [2.24, 2.45) is 0 Å². The summed E-state index contributed by atoms with van der Waals surface area (Å²) in [5, 5.41) is 8.35. The zero-order valence-electron chi connectivity index (χ0n) is 18.2. The second-order valence-corrected chi connectivity index (χ2v) is 9.42. The lowest BCUT2D eigenvalue weighted by Gasteiger charge is -2.35. The van der Waals surface area contributed by atoms with Crippen molar-refractivity contribution < 1.29 is 4.79 Å². The number of carbonyl (C=O) groups excluding carboxylic acids is 1. The van der Waals surface area contributed by atoms with Crippen molar-refractivity contribution in [3.63, 3.8) is 0 Å². The summed E-state index contributed by atoms with van der Waals surface area (Å²) >= 11 is 1.85. The Balaban J connectivity index is 1.27. The van der Waals surface area contributed by atoms with Gasteiger partial charge in [0.25, 0.3) is 0 Å². The van der Waals surface area contributed by atoms with E-state index >= 15 is 0 Å². The number of thiophene rings is 1. The quantitative estimate of drug-likeness (QED) is 0.577. The minimum absolute atomic E-state index is 0.127. The molecule has 0 saturated carbocycles. The molecule has 3 aromatic rings. The Morgan fingerprint density at radius 3 is 2.75 bits per heavy atom. The molecule has 0 bridgehead atoms. The van der Waals surface area contributed by atoms with Crippen LogP contribution in [0.2, 0.25) is 0 Å². The van der Waals surface area contributed by atoms with Crippen LogP contribution in [0.5, 0.6) is 0 Å². The molecule has 7 heteroatoms. The van der Waals surface area contributed by atoms with Crippen molar-refractivity contribution in [2.75, 3.05) is 36.4 Å². The summed E-state index contributed by atoms with van der Waals surface area (Å²) in [6, 6.07) is 16.5. The first-order valence-corrected chi connectivity index (χ1v) is 12.2. The van der Waals surface area contributed by atoms with E-state index in [2.05, 4.69) is 61.1 Å². The van der Waals surface area contributed by atoms with Gasteiger partial charge in [-0.05, 0) is 54.0 Å². The summed E-state index contributed by atoms with van der Waals surface area (Å²) in [6.07, 6.45) is 5.19. The fourth-order valence-electron chi connectivity index (χ4n) is 4.70. The molecule has 6 nitrogen and oxygen atoms in total. The molecular weight excluding hydrogens is 418 g/mol. The number of nitrogens with zero attached hydrogens (tertiary/aromatic N) is 3. The number of hydrogen-bond acceptors (Lipinski definition) is 5. The highest BCUT2D eigenvalue weighted by atomic mass is 32.1. The number of aromatic nitrogens is 1. The molecule has 1 unspecified atom stereocenters. The molecule has 1 fully saturated rings. The molecule has 5 rings (SSSR count). The smallest absolute Gasteiger partial charge is 0.319 e. The fourth-order valence-corrected chi connectivity index (χ4v) is 5.59. The normalized spacial score (nSPS) is 17.1. The highest BCUT2D eigenvalue weighted by molar-refractivity contribution is 7.10. The maximum absolute atomic E-state index is 12.9. The van der Waals surface area contributed by atoms with Crippen LogP contribution in [0.15, 0.2) is 60.1 Å². The molecule has 2 amide bonds. The van der Waals surface area contributed by atoms with Gasteiger partial charge in [0.1, 0.15) is 0 Å². The third-order valence-electron chi connectivity index (χ3n) is 6.36. The van der Waals surface area contributed by atoms with Gasteiger partial charge in [0.15, 0.2) is 5.82 Å². The Bertz CT molecular complexity index is 1050. The van der Waals surface area contributed by atoms with E-state index < -0.39 is 0 Å². The molecule has 2 N–H and O–H groups in total. The molecule has 4 heterocycles. The van der Waals surface area contributed by atoms with E-state index in [1.165, 1.54) is 28.8 Å². The third-order valence-corrected chi connectivity index (χ3v) is 7.38. The van der Waals surface area contributed by atoms with E-state index in [4.69, 9.17) is 0 Å². The Kier molecular flexibility index (Phi) is 6.36. The Hall–Kier alpha value is -2.90. The van der Waals surface area contributed by atoms with Gasteiger partial charge in [-0.3, -0.25) is 4.90 Å². The van der Waals surface area contributed by atoms with Crippen LogP contribution in [0.4, 0.5) is 16.3 Å². The molecule has 1 saturated heterocycles. The van der Waals surface area contributed by atoms with Gasteiger partial charge in [-0.15, -0.1) is 11.3 Å². The molecule has 0 radical (unpaired) electrons. The number of rotatable bonds is 6. The van der Waals surface area contributed by atoms with Gasteiger partial charge in [0, 0.05) is 43.8 Å². The van der Waals surface area contributed by atoms with E-state index in [0.29, 0.717) is 6.54 Å². The van der Waals surface area contributed by atoms with Gasteiger partial charge in [-0.1, -0.05) is 30.3 Å². The number of anilines is 2. The van der Waals surface area contributed by atoms with E-state index in [-0.39, 0.29) is 12.1 Å². The van der Waals surface area contributed by atoms with Crippen molar-refractivity contribution in [3.8, 4) is 0 Å². The first-order valence-electron chi connectivity index (χ1n) is 11.4. The minimum atomic E-state index is -0.187. The molecule has 2 aliphatic rings.